The number of urea groups is 1. The van der Waals surface area contributed by atoms with E-state index in [0.717, 1.165) is 6.26 Å². The molecule has 2 rings (SSSR count). The molecular weight excluding hydrogens is 382 g/mol. The number of anilines is 2. The Balaban J connectivity index is 2.48. The van der Waals surface area contributed by atoms with Crippen LogP contribution in [0.5, 0.6) is 0 Å². The van der Waals surface area contributed by atoms with Gasteiger partial charge in [-0.1, -0.05) is 0 Å². The molecule has 28 heavy (non-hydrogen) atoms. The highest BCUT2D eigenvalue weighted by Gasteiger charge is 2.34. The van der Waals surface area contributed by atoms with Crippen molar-refractivity contribution in [3.05, 3.63) is 36.0 Å². The Bertz CT molecular complexity index is 943. The number of amides is 2. The number of aliphatic hydroxyl groups is 1. The van der Waals surface area contributed by atoms with Crippen LogP contribution in [0.3, 0.4) is 0 Å². The normalized spacial score (nSPS) is 11.8. The van der Waals surface area contributed by atoms with Gasteiger partial charge in [0, 0.05) is 37.2 Å². The largest absolute Gasteiger partial charge is 0.395 e. The van der Waals surface area contributed by atoms with Crippen molar-refractivity contribution in [1.29, 1.82) is 0 Å². The SMILES string of the molecule is CNC(=O)Nc1ccc(-c2nc(NCCO)cc(C(C)(C)S(C)(=O)=O)n2)cc1. The number of hydrogen-bond donors (Lipinski definition) is 4. The smallest absolute Gasteiger partial charge is 0.318 e. The number of carbonyl (C=O) groups is 1. The molecule has 2 amide bonds. The summed E-state index contributed by atoms with van der Waals surface area (Å²) >= 11 is 0. The lowest BCUT2D eigenvalue weighted by Gasteiger charge is -2.23. The minimum absolute atomic E-state index is 0.0933. The van der Waals surface area contributed by atoms with Crippen LogP contribution in [-0.4, -0.2) is 56.0 Å². The second-order valence-corrected chi connectivity index (χ2v) is 9.24. The molecule has 0 fully saturated rings. The molecule has 1 aromatic heterocycles. The van der Waals surface area contributed by atoms with E-state index in [9.17, 15) is 13.2 Å². The molecule has 4 N–H and O–H groups in total. The van der Waals surface area contributed by atoms with Crippen LogP contribution in [0.25, 0.3) is 11.4 Å². The number of aromatic nitrogens is 2. The summed E-state index contributed by atoms with van der Waals surface area (Å²) in [6.45, 7) is 3.34. The fraction of sp³-hybridized carbons (Fsp3) is 0.389. The van der Waals surface area contributed by atoms with Crippen molar-refractivity contribution in [2.24, 2.45) is 0 Å². The maximum Gasteiger partial charge on any atom is 0.318 e. The van der Waals surface area contributed by atoms with Crippen molar-refractivity contribution < 1.29 is 18.3 Å². The summed E-state index contributed by atoms with van der Waals surface area (Å²) in [5.41, 5.74) is 1.59. The van der Waals surface area contributed by atoms with E-state index in [-0.39, 0.29) is 19.2 Å². The Morgan fingerprint density at radius 1 is 1.18 bits per heavy atom. The highest BCUT2D eigenvalue weighted by Crippen LogP contribution is 2.30. The van der Waals surface area contributed by atoms with E-state index in [1.54, 1.807) is 44.2 Å². The van der Waals surface area contributed by atoms with Gasteiger partial charge in [0.15, 0.2) is 15.7 Å². The Kier molecular flexibility index (Phi) is 6.57. The minimum atomic E-state index is -3.44. The first-order chi connectivity index (χ1) is 13.1. The number of sulfone groups is 1. The lowest BCUT2D eigenvalue weighted by molar-refractivity contribution is 0.254. The monoisotopic (exact) mass is 407 g/mol. The summed E-state index contributed by atoms with van der Waals surface area (Å²) in [5.74, 6) is 0.750. The van der Waals surface area contributed by atoms with Crippen LogP contribution in [0.4, 0.5) is 16.3 Å². The van der Waals surface area contributed by atoms with Crippen molar-refractivity contribution in [1.82, 2.24) is 15.3 Å². The number of hydrogen-bond acceptors (Lipinski definition) is 7. The third-order valence-corrected chi connectivity index (χ3v) is 6.38. The molecule has 0 saturated heterocycles. The average Bonchev–Trinajstić information content (AvgIpc) is 2.65. The van der Waals surface area contributed by atoms with Crippen LogP contribution in [-0.2, 0) is 14.6 Å². The Hall–Kier alpha value is -2.72. The van der Waals surface area contributed by atoms with Crippen LogP contribution in [0.2, 0.25) is 0 Å². The molecule has 0 atom stereocenters. The minimum Gasteiger partial charge on any atom is -0.395 e. The molecule has 10 heteroatoms. The van der Waals surface area contributed by atoms with Crippen molar-refractivity contribution >= 4 is 27.4 Å². The highest BCUT2D eigenvalue weighted by atomic mass is 32.2. The summed E-state index contributed by atoms with van der Waals surface area (Å²) in [5, 5.41) is 17.1. The number of aliphatic hydroxyl groups excluding tert-OH is 1. The summed E-state index contributed by atoms with van der Waals surface area (Å²) < 4.78 is 23.2. The van der Waals surface area contributed by atoms with E-state index in [1.807, 2.05) is 0 Å². The van der Waals surface area contributed by atoms with Gasteiger partial charge in [-0.05, 0) is 38.1 Å². The number of benzene rings is 1. The Morgan fingerprint density at radius 2 is 1.82 bits per heavy atom. The maximum absolute atomic E-state index is 12.2. The lowest BCUT2D eigenvalue weighted by Crippen LogP contribution is -2.29. The summed E-state index contributed by atoms with van der Waals surface area (Å²) in [6, 6.07) is 8.09. The molecule has 1 heterocycles. The molecular formula is C18H25N5O4S. The van der Waals surface area contributed by atoms with E-state index in [1.165, 1.54) is 7.05 Å². The van der Waals surface area contributed by atoms with Crippen molar-refractivity contribution in [2.45, 2.75) is 18.6 Å². The van der Waals surface area contributed by atoms with Crippen LogP contribution < -0.4 is 16.0 Å². The molecule has 0 bridgehead atoms. The van der Waals surface area contributed by atoms with Gasteiger partial charge in [-0.2, -0.15) is 0 Å². The second kappa shape index (κ2) is 8.53. The lowest BCUT2D eigenvalue weighted by atomic mass is 10.1. The van der Waals surface area contributed by atoms with Gasteiger partial charge >= 0.3 is 6.03 Å². The van der Waals surface area contributed by atoms with Gasteiger partial charge in [0.05, 0.1) is 12.3 Å². The van der Waals surface area contributed by atoms with Gasteiger partial charge < -0.3 is 21.1 Å². The molecule has 0 aliphatic rings. The zero-order valence-corrected chi connectivity index (χ0v) is 17.1. The fourth-order valence-electron chi connectivity index (χ4n) is 2.25. The third kappa shape index (κ3) is 4.96. The first-order valence-electron chi connectivity index (χ1n) is 8.61. The van der Waals surface area contributed by atoms with Crippen LogP contribution in [0, 0.1) is 0 Å². The summed E-state index contributed by atoms with van der Waals surface area (Å²) in [6.07, 6.45) is 1.16. The fourth-order valence-corrected chi connectivity index (χ4v) is 2.73. The summed E-state index contributed by atoms with van der Waals surface area (Å²) in [4.78, 5) is 20.3. The number of rotatable bonds is 7. The number of nitrogens with one attached hydrogen (secondary N) is 3. The molecule has 0 unspecified atom stereocenters. The van der Waals surface area contributed by atoms with Gasteiger partial charge in [-0.25, -0.2) is 23.2 Å². The molecule has 0 spiro atoms. The van der Waals surface area contributed by atoms with Crippen molar-refractivity contribution in [2.75, 3.05) is 37.1 Å². The molecule has 0 saturated carbocycles. The molecule has 0 aliphatic carbocycles. The molecule has 0 radical (unpaired) electrons. The van der Waals surface area contributed by atoms with Gasteiger partial charge in [0.25, 0.3) is 0 Å². The molecule has 152 valence electrons. The van der Waals surface area contributed by atoms with E-state index in [2.05, 4.69) is 25.9 Å². The standard InChI is InChI=1S/C18H25N5O4S/c1-18(2,28(4,26)27)14-11-15(20-9-10-24)23-16(22-14)12-5-7-13(8-6-12)21-17(25)19-3/h5-8,11,24H,9-10H2,1-4H3,(H2,19,21,25)(H,20,22,23). The zero-order chi connectivity index (χ0) is 20.9. The Morgan fingerprint density at radius 3 is 2.36 bits per heavy atom. The molecule has 0 aliphatic heterocycles. The van der Waals surface area contributed by atoms with E-state index in [0.29, 0.717) is 28.6 Å². The van der Waals surface area contributed by atoms with Crippen molar-refractivity contribution in [3.63, 3.8) is 0 Å². The zero-order valence-electron chi connectivity index (χ0n) is 16.3. The Labute approximate surface area is 164 Å². The second-order valence-electron chi connectivity index (χ2n) is 6.68. The van der Waals surface area contributed by atoms with Crippen LogP contribution in [0.15, 0.2) is 30.3 Å². The third-order valence-electron chi connectivity index (χ3n) is 4.32. The first kappa shape index (κ1) is 21.6. The molecule has 1 aromatic carbocycles. The van der Waals surface area contributed by atoms with E-state index < -0.39 is 14.6 Å². The molecule has 2 aromatic rings. The van der Waals surface area contributed by atoms with E-state index >= 15 is 0 Å². The number of carbonyl (C=O) groups excluding carboxylic acids is 1. The predicted molar refractivity (Wildman–Crippen MR) is 109 cm³/mol. The number of nitrogens with zero attached hydrogens (tertiary/aromatic N) is 2. The van der Waals surface area contributed by atoms with Crippen molar-refractivity contribution in [3.8, 4) is 11.4 Å². The average molecular weight is 407 g/mol. The maximum atomic E-state index is 12.2. The quantitative estimate of drug-likeness (QED) is 0.547. The van der Waals surface area contributed by atoms with Crippen LogP contribution >= 0.6 is 0 Å². The first-order valence-corrected chi connectivity index (χ1v) is 10.5. The van der Waals surface area contributed by atoms with Gasteiger partial charge in [0.2, 0.25) is 0 Å². The van der Waals surface area contributed by atoms with Crippen LogP contribution in [0.1, 0.15) is 19.5 Å². The summed E-state index contributed by atoms with van der Waals surface area (Å²) in [7, 11) is -1.92. The predicted octanol–water partition coefficient (Wildman–Crippen LogP) is 1.58. The van der Waals surface area contributed by atoms with Gasteiger partial charge in [-0.3, -0.25) is 0 Å². The highest BCUT2D eigenvalue weighted by molar-refractivity contribution is 7.91. The van der Waals surface area contributed by atoms with E-state index in [4.69, 9.17) is 5.11 Å². The molecule has 9 nitrogen and oxygen atoms in total. The topological polar surface area (TPSA) is 133 Å². The van der Waals surface area contributed by atoms with Gasteiger partial charge in [0.1, 0.15) is 10.6 Å². The van der Waals surface area contributed by atoms with Gasteiger partial charge in [-0.15, -0.1) is 0 Å².